The summed E-state index contributed by atoms with van der Waals surface area (Å²) >= 11 is 0. The van der Waals surface area contributed by atoms with Crippen LogP contribution in [-0.4, -0.2) is 18.8 Å². The normalized spacial score (nSPS) is 15.9. The molecule has 23 heavy (non-hydrogen) atoms. The van der Waals surface area contributed by atoms with Gasteiger partial charge in [0.15, 0.2) is 6.73 Å². The standard InChI is InChI=1S/C16H19F3N2O2/c1-3-11(2)15(22)20-8-12-4-6-13(7-5-12)21-9-14(23-10-21)16(17,18)19/h4-7,9,11H,3,8,10H2,1-2H3,(H,20,22)/t11-/m0/s1. The van der Waals surface area contributed by atoms with Gasteiger partial charge < -0.3 is 15.0 Å². The first-order valence-corrected chi connectivity index (χ1v) is 7.36. The van der Waals surface area contributed by atoms with Crippen LogP contribution in [0.15, 0.2) is 36.2 Å². The number of hydrogen-bond donors (Lipinski definition) is 1. The van der Waals surface area contributed by atoms with E-state index in [2.05, 4.69) is 10.1 Å². The molecule has 0 spiro atoms. The fraction of sp³-hybridized carbons (Fsp3) is 0.438. The van der Waals surface area contributed by atoms with Crippen LogP contribution in [0.5, 0.6) is 0 Å². The van der Waals surface area contributed by atoms with Gasteiger partial charge in [-0.25, -0.2) is 0 Å². The van der Waals surface area contributed by atoms with E-state index in [0.29, 0.717) is 12.2 Å². The van der Waals surface area contributed by atoms with E-state index in [1.165, 1.54) is 4.90 Å². The average molecular weight is 328 g/mol. The summed E-state index contributed by atoms with van der Waals surface area (Å²) in [6.45, 7) is 4.03. The highest BCUT2D eigenvalue weighted by atomic mass is 19.4. The maximum absolute atomic E-state index is 12.5. The Hall–Kier alpha value is -2.18. The Morgan fingerprint density at radius 3 is 2.52 bits per heavy atom. The molecule has 0 aromatic heterocycles. The highest BCUT2D eigenvalue weighted by Gasteiger charge is 2.39. The van der Waals surface area contributed by atoms with E-state index < -0.39 is 11.9 Å². The minimum atomic E-state index is -4.48. The number of carbonyl (C=O) groups excluding carboxylic acids is 1. The van der Waals surface area contributed by atoms with E-state index in [9.17, 15) is 18.0 Å². The first-order chi connectivity index (χ1) is 10.8. The zero-order chi connectivity index (χ0) is 17.0. The van der Waals surface area contributed by atoms with Gasteiger partial charge in [-0.05, 0) is 24.1 Å². The van der Waals surface area contributed by atoms with Crippen LogP contribution in [0.1, 0.15) is 25.8 Å². The molecule has 7 heteroatoms. The molecule has 0 unspecified atom stereocenters. The van der Waals surface area contributed by atoms with Gasteiger partial charge in [-0.3, -0.25) is 4.79 Å². The lowest BCUT2D eigenvalue weighted by Crippen LogP contribution is -2.28. The van der Waals surface area contributed by atoms with Crippen molar-refractivity contribution >= 4 is 11.6 Å². The molecule has 1 N–H and O–H groups in total. The van der Waals surface area contributed by atoms with Crippen LogP contribution >= 0.6 is 0 Å². The maximum Gasteiger partial charge on any atom is 0.450 e. The van der Waals surface area contributed by atoms with E-state index in [0.717, 1.165) is 18.2 Å². The molecule has 1 aliphatic rings. The highest BCUT2D eigenvalue weighted by Crippen LogP contribution is 2.32. The zero-order valence-electron chi connectivity index (χ0n) is 13.0. The third-order valence-electron chi connectivity index (χ3n) is 3.71. The monoisotopic (exact) mass is 328 g/mol. The number of ether oxygens (including phenoxy) is 1. The molecule has 1 heterocycles. The van der Waals surface area contributed by atoms with E-state index in [1.54, 1.807) is 24.3 Å². The summed E-state index contributed by atoms with van der Waals surface area (Å²) in [7, 11) is 0. The number of hydrogen-bond acceptors (Lipinski definition) is 3. The van der Waals surface area contributed by atoms with Gasteiger partial charge in [-0.2, -0.15) is 13.2 Å². The molecular formula is C16H19F3N2O2. The Kier molecular flexibility index (Phi) is 5.18. The predicted molar refractivity (Wildman–Crippen MR) is 80.3 cm³/mol. The van der Waals surface area contributed by atoms with E-state index in [-0.39, 0.29) is 18.6 Å². The van der Waals surface area contributed by atoms with Gasteiger partial charge in [0.1, 0.15) is 0 Å². The number of rotatable bonds is 5. The van der Waals surface area contributed by atoms with Crippen LogP contribution in [0.4, 0.5) is 18.9 Å². The molecule has 1 aromatic carbocycles. The van der Waals surface area contributed by atoms with Crippen LogP contribution in [0.25, 0.3) is 0 Å². The molecule has 0 fully saturated rings. The number of allylic oxidation sites excluding steroid dienone is 1. The Morgan fingerprint density at radius 2 is 2.00 bits per heavy atom. The molecule has 0 bridgehead atoms. The number of nitrogens with one attached hydrogen (secondary N) is 1. The Morgan fingerprint density at radius 1 is 1.35 bits per heavy atom. The molecule has 0 aliphatic carbocycles. The van der Waals surface area contributed by atoms with Gasteiger partial charge in [0.25, 0.3) is 0 Å². The minimum Gasteiger partial charge on any atom is -0.466 e. The number of alkyl halides is 3. The molecule has 1 atom stereocenters. The van der Waals surface area contributed by atoms with Gasteiger partial charge in [-0.1, -0.05) is 26.0 Å². The van der Waals surface area contributed by atoms with Crippen LogP contribution in [-0.2, 0) is 16.1 Å². The van der Waals surface area contributed by atoms with E-state index in [4.69, 9.17) is 0 Å². The Bertz CT molecular complexity index is 582. The summed E-state index contributed by atoms with van der Waals surface area (Å²) in [5.41, 5.74) is 1.48. The van der Waals surface area contributed by atoms with Crippen LogP contribution in [0.3, 0.4) is 0 Å². The fourth-order valence-electron chi connectivity index (χ4n) is 2.01. The van der Waals surface area contributed by atoms with Crippen LogP contribution in [0, 0.1) is 5.92 Å². The quantitative estimate of drug-likeness (QED) is 0.899. The highest BCUT2D eigenvalue weighted by molar-refractivity contribution is 5.78. The first-order valence-electron chi connectivity index (χ1n) is 7.36. The number of benzene rings is 1. The average Bonchev–Trinajstić information content (AvgIpc) is 3.02. The Balaban J connectivity index is 1.95. The third-order valence-corrected chi connectivity index (χ3v) is 3.71. The predicted octanol–water partition coefficient (Wildman–Crippen LogP) is 3.55. The van der Waals surface area contributed by atoms with Crippen molar-refractivity contribution in [3.63, 3.8) is 0 Å². The summed E-state index contributed by atoms with van der Waals surface area (Å²) in [6, 6.07) is 6.94. The number of anilines is 1. The minimum absolute atomic E-state index is 0.0118. The van der Waals surface area contributed by atoms with Gasteiger partial charge in [0, 0.05) is 18.2 Å². The summed E-state index contributed by atoms with van der Waals surface area (Å²) in [5, 5.41) is 2.83. The molecule has 2 rings (SSSR count). The van der Waals surface area contributed by atoms with E-state index in [1.807, 2.05) is 13.8 Å². The van der Waals surface area contributed by atoms with Crippen molar-refractivity contribution in [1.82, 2.24) is 5.32 Å². The summed E-state index contributed by atoms with van der Waals surface area (Å²) < 4.78 is 42.2. The van der Waals surface area contributed by atoms with Crippen molar-refractivity contribution in [2.75, 3.05) is 11.6 Å². The van der Waals surface area contributed by atoms with Crippen molar-refractivity contribution in [3.05, 3.63) is 41.8 Å². The molecular weight excluding hydrogens is 309 g/mol. The molecule has 0 saturated carbocycles. The SMILES string of the molecule is CC[C@H](C)C(=O)NCc1ccc(N2C=C(C(F)(F)F)OC2)cc1. The lowest BCUT2D eigenvalue weighted by atomic mass is 10.1. The largest absolute Gasteiger partial charge is 0.466 e. The molecule has 126 valence electrons. The van der Waals surface area contributed by atoms with Crippen molar-refractivity contribution < 1.29 is 22.7 Å². The summed E-state index contributed by atoms with van der Waals surface area (Å²) in [4.78, 5) is 13.1. The van der Waals surface area contributed by atoms with Crippen LogP contribution < -0.4 is 10.2 Å². The maximum atomic E-state index is 12.5. The Labute approximate surface area is 132 Å². The number of amides is 1. The van der Waals surface area contributed by atoms with Gasteiger partial charge in [0.2, 0.25) is 11.7 Å². The van der Waals surface area contributed by atoms with Gasteiger partial charge >= 0.3 is 6.18 Å². The smallest absolute Gasteiger partial charge is 0.450 e. The molecule has 4 nitrogen and oxygen atoms in total. The molecule has 0 radical (unpaired) electrons. The summed E-state index contributed by atoms with van der Waals surface area (Å²) in [6.07, 6.45) is -2.76. The van der Waals surface area contributed by atoms with Crippen molar-refractivity contribution in [2.24, 2.45) is 5.92 Å². The summed E-state index contributed by atoms with van der Waals surface area (Å²) in [5.74, 6) is -1.05. The van der Waals surface area contributed by atoms with Gasteiger partial charge in [-0.15, -0.1) is 0 Å². The topological polar surface area (TPSA) is 41.6 Å². The van der Waals surface area contributed by atoms with E-state index >= 15 is 0 Å². The second kappa shape index (κ2) is 6.93. The zero-order valence-corrected chi connectivity index (χ0v) is 13.0. The second-order valence-electron chi connectivity index (χ2n) is 5.43. The fourth-order valence-corrected chi connectivity index (χ4v) is 2.01. The van der Waals surface area contributed by atoms with Crippen molar-refractivity contribution in [2.45, 2.75) is 33.0 Å². The lowest BCUT2D eigenvalue weighted by molar-refractivity contribution is -0.126. The number of halogens is 3. The molecule has 1 aromatic rings. The van der Waals surface area contributed by atoms with Gasteiger partial charge in [0.05, 0.1) is 6.20 Å². The second-order valence-corrected chi connectivity index (χ2v) is 5.43. The third kappa shape index (κ3) is 4.40. The molecule has 1 amide bonds. The lowest BCUT2D eigenvalue weighted by Gasteiger charge is -2.14. The van der Waals surface area contributed by atoms with Crippen molar-refractivity contribution in [3.8, 4) is 0 Å². The number of nitrogens with zero attached hydrogens (tertiary/aromatic N) is 1. The molecule has 1 aliphatic heterocycles. The van der Waals surface area contributed by atoms with Crippen molar-refractivity contribution in [1.29, 1.82) is 0 Å². The number of carbonyl (C=O) groups is 1. The first kappa shape index (κ1) is 17.2. The molecule has 0 saturated heterocycles. The van der Waals surface area contributed by atoms with Crippen LogP contribution in [0.2, 0.25) is 0 Å².